The zero-order chi connectivity index (χ0) is 10.6. The molecule has 1 aromatic rings. The van der Waals surface area contributed by atoms with Crippen LogP contribution in [0.4, 0.5) is 0 Å². The van der Waals surface area contributed by atoms with Gasteiger partial charge in [-0.15, -0.1) is 0 Å². The molecule has 1 heterocycles. The third-order valence-corrected chi connectivity index (χ3v) is 2.67. The van der Waals surface area contributed by atoms with Gasteiger partial charge in [0.05, 0.1) is 5.69 Å². The number of nitrogens with zero attached hydrogens (tertiary/aromatic N) is 2. The molecular weight excluding hydrogens is 178 g/mol. The van der Waals surface area contributed by atoms with Crippen LogP contribution in [0.25, 0.3) is 0 Å². The van der Waals surface area contributed by atoms with Gasteiger partial charge in [0.1, 0.15) is 0 Å². The predicted molar refractivity (Wildman–Crippen MR) is 55.8 cm³/mol. The summed E-state index contributed by atoms with van der Waals surface area (Å²) in [7, 11) is 1.93. The van der Waals surface area contributed by atoms with E-state index in [0.29, 0.717) is 6.04 Å². The van der Waals surface area contributed by atoms with Crippen LogP contribution in [-0.2, 0) is 13.6 Å². The summed E-state index contributed by atoms with van der Waals surface area (Å²) in [5.41, 5.74) is 1.15. The molecule has 0 radical (unpaired) electrons. The van der Waals surface area contributed by atoms with Gasteiger partial charge in [0.2, 0.25) is 0 Å². The summed E-state index contributed by atoms with van der Waals surface area (Å²) in [5.74, 6) is 0.281. The van der Waals surface area contributed by atoms with Gasteiger partial charge in [-0.05, 0) is 18.9 Å². The lowest BCUT2D eigenvalue weighted by molar-refractivity contribution is 0.206. The van der Waals surface area contributed by atoms with E-state index in [-0.39, 0.29) is 12.5 Å². The van der Waals surface area contributed by atoms with Gasteiger partial charge in [0.25, 0.3) is 0 Å². The van der Waals surface area contributed by atoms with Crippen LogP contribution in [0.15, 0.2) is 12.3 Å². The van der Waals surface area contributed by atoms with Gasteiger partial charge in [0, 0.05) is 32.4 Å². The Kier molecular flexibility index (Phi) is 4.10. The van der Waals surface area contributed by atoms with Crippen LogP contribution in [0.3, 0.4) is 0 Å². The number of nitrogens with one attached hydrogen (secondary N) is 1. The molecule has 1 rings (SSSR count). The second kappa shape index (κ2) is 5.12. The smallest absolute Gasteiger partial charge is 0.0518 e. The Labute approximate surface area is 84.9 Å². The Balaban J connectivity index is 2.37. The molecule has 80 valence electrons. The summed E-state index contributed by atoms with van der Waals surface area (Å²) in [6.45, 7) is 5.12. The fourth-order valence-electron chi connectivity index (χ4n) is 1.20. The molecule has 2 unspecified atom stereocenters. The molecule has 14 heavy (non-hydrogen) atoms. The van der Waals surface area contributed by atoms with Gasteiger partial charge in [-0.3, -0.25) is 4.68 Å². The standard InChI is InChI=1S/C10H19N3O/c1-8(7-14)9(2)11-6-10-4-5-12-13(10)3/h4-5,8-9,11,14H,6-7H2,1-3H3. The highest BCUT2D eigenvalue weighted by atomic mass is 16.3. The summed E-state index contributed by atoms with van der Waals surface area (Å²) < 4.78 is 1.85. The molecule has 0 aliphatic carbocycles. The summed E-state index contributed by atoms with van der Waals surface area (Å²) >= 11 is 0. The van der Waals surface area contributed by atoms with Crippen molar-refractivity contribution >= 4 is 0 Å². The number of aryl methyl sites for hydroxylation is 1. The lowest BCUT2D eigenvalue weighted by atomic mass is 10.1. The number of aliphatic hydroxyl groups excluding tert-OH is 1. The van der Waals surface area contributed by atoms with Gasteiger partial charge < -0.3 is 10.4 Å². The van der Waals surface area contributed by atoms with E-state index >= 15 is 0 Å². The van der Waals surface area contributed by atoms with Crippen molar-refractivity contribution in [3.05, 3.63) is 18.0 Å². The average molecular weight is 197 g/mol. The van der Waals surface area contributed by atoms with Crippen LogP contribution in [-0.4, -0.2) is 27.5 Å². The number of rotatable bonds is 5. The van der Waals surface area contributed by atoms with Gasteiger partial charge in [-0.2, -0.15) is 5.10 Å². The first kappa shape index (κ1) is 11.2. The molecule has 0 amide bonds. The third kappa shape index (κ3) is 2.82. The van der Waals surface area contributed by atoms with Crippen molar-refractivity contribution in [2.45, 2.75) is 26.4 Å². The van der Waals surface area contributed by atoms with E-state index in [1.165, 1.54) is 0 Å². The minimum atomic E-state index is 0.222. The molecule has 0 fully saturated rings. The molecule has 0 aromatic carbocycles. The molecule has 0 spiro atoms. The minimum absolute atomic E-state index is 0.222. The minimum Gasteiger partial charge on any atom is -0.396 e. The molecule has 1 aromatic heterocycles. The maximum Gasteiger partial charge on any atom is 0.0518 e. The Morgan fingerprint density at radius 2 is 2.29 bits per heavy atom. The fourth-order valence-corrected chi connectivity index (χ4v) is 1.20. The van der Waals surface area contributed by atoms with Crippen LogP contribution in [0.5, 0.6) is 0 Å². The monoisotopic (exact) mass is 197 g/mol. The first-order chi connectivity index (χ1) is 6.65. The SMILES string of the molecule is CC(CO)C(C)NCc1ccnn1C. The summed E-state index contributed by atoms with van der Waals surface area (Å²) in [6, 6.07) is 2.30. The van der Waals surface area contributed by atoms with Crippen molar-refractivity contribution < 1.29 is 5.11 Å². The number of aromatic nitrogens is 2. The predicted octanol–water partition coefficient (Wildman–Crippen LogP) is 0.527. The highest BCUT2D eigenvalue weighted by Gasteiger charge is 2.10. The average Bonchev–Trinajstić information content (AvgIpc) is 2.59. The summed E-state index contributed by atoms with van der Waals surface area (Å²) in [5, 5.41) is 16.4. The van der Waals surface area contributed by atoms with E-state index in [0.717, 1.165) is 12.2 Å². The molecule has 0 saturated heterocycles. The Hall–Kier alpha value is -0.870. The largest absolute Gasteiger partial charge is 0.396 e. The highest BCUT2D eigenvalue weighted by molar-refractivity contribution is 4.99. The fraction of sp³-hybridized carbons (Fsp3) is 0.700. The van der Waals surface area contributed by atoms with Crippen LogP contribution < -0.4 is 5.32 Å². The zero-order valence-corrected chi connectivity index (χ0v) is 9.07. The van der Waals surface area contributed by atoms with E-state index in [9.17, 15) is 0 Å². The number of hydrogen-bond acceptors (Lipinski definition) is 3. The van der Waals surface area contributed by atoms with Crippen LogP contribution in [0.2, 0.25) is 0 Å². The quantitative estimate of drug-likeness (QED) is 0.724. The molecule has 0 saturated carbocycles. The Morgan fingerprint density at radius 3 is 2.79 bits per heavy atom. The van der Waals surface area contributed by atoms with Crippen molar-refractivity contribution in [3.63, 3.8) is 0 Å². The lowest BCUT2D eigenvalue weighted by Crippen LogP contribution is -2.33. The molecule has 0 aliphatic rings. The third-order valence-electron chi connectivity index (χ3n) is 2.67. The van der Waals surface area contributed by atoms with Gasteiger partial charge in [0.15, 0.2) is 0 Å². The summed E-state index contributed by atoms with van der Waals surface area (Å²) in [4.78, 5) is 0. The first-order valence-electron chi connectivity index (χ1n) is 4.96. The van der Waals surface area contributed by atoms with Gasteiger partial charge in [-0.25, -0.2) is 0 Å². The van der Waals surface area contributed by atoms with Crippen molar-refractivity contribution in [2.75, 3.05) is 6.61 Å². The van der Waals surface area contributed by atoms with Gasteiger partial charge >= 0.3 is 0 Å². The van der Waals surface area contributed by atoms with Crippen molar-refractivity contribution in [1.29, 1.82) is 0 Å². The number of aliphatic hydroxyl groups is 1. The van der Waals surface area contributed by atoms with Crippen LogP contribution in [0.1, 0.15) is 19.5 Å². The zero-order valence-electron chi connectivity index (χ0n) is 9.07. The Bertz CT molecular complexity index is 272. The first-order valence-corrected chi connectivity index (χ1v) is 4.96. The van der Waals surface area contributed by atoms with Crippen molar-refractivity contribution in [3.8, 4) is 0 Å². The molecule has 2 atom stereocenters. The van der Waals surface area contributed by atoms with E-state index in [1.54, 1.807) is 6.20 Å². The number of hydrogen-bond donors (Lipinski definition) is 2. The van der Waals surface area contributed by atoms with Gasteiger partial charge in [-0.1, -0.05) is 6.92 Å². The van der Waals surface area contributed by atoms with E-state index < -0.39 is 0 Å². The maximum atomic E-state index is 8.96. The van der Waals surface area contributed by atoms with Crippen molar-refractivity contribution in [1.82, 2.24) is 15.1 Å². The second-order valence-electron chi connectivity index (χ2n) is 3.78. The topological polar surface area (TPSA) is 50.1 Å². The molecule has 0 aliphatic heterocycles. The summed E-state index contributed by atoms with van der Waals surface area (Å²) in [6.07, 6.45) is 1.79. The molecule has 0 bridgehead atoms. The van der Waals surface area contributed by atoms with Crippen LogP contribution in [0, 0.1) is 5.92 Å². The normalized spacial score (nSPS) is 15.4. The molecular formula is C10H19N3O. The Morgan fingerprint density at radius 1 is 1.57 bits per heavy atom. The van der Waals surface area contributed by atoms with Crippen molar-refractivity contribution in [2.24, 2.45) is 13.0 Å². The van der Waals surface area contributed by atoms with Crippen LogP contribution >= 0.6 is 0 Å². The molecule has 4 nitrogen and oxygen atoms in total. The lowest BCUT2D eigenvalue weighted by Gasteiger charge is -2.19. The second-order valence-corrected chi connectivity index (χ2v) is 3.78. The molecule has 2 N–H and O–H groups in total. The van der Waals surface area contributed by atoms with E-state index in [1.807, 2.05) is 24.7 Å². The highest BCUT2D eigenvalue weighted by Crippen LogP contribution is 2.02. The van der Waals surface area contributed by atoms with E-state index in [2.05, 4.69) is 17.3 Å². The van der Waals surface area contributed by atoms with E-state index in [4.69, 9.17) is 5.11 Å². The maximum absolute atomic E-state index is 8.96. The molecule has 4 heteroatoms.